The maximum absolute atomic E-state index is 13.0. The minimum atomic E-state index is -4.63. The number of amides is 1. The van der Waals surface area contributed by atoms with E-state index in [-0.39, 0.29) is 5.56 Å². The van der Waals surface area contributed by atoms with E-state index in [4.69, 9.17) is 10.5 Å². The van der Waals surface area contributed by atoms with E-state index in [2.05, 4.69) is 0 Å². The Hall–Kier alpha value is -1.92. The van der Waals surface area contributed by atoms with Crippen molar-refractivity contribution in [2.75, 3.05) is 5.73 Å². The molecule has 0 saturated carbocycles. The molecular formula is C13H17F3N2O2. The topological polar surface area (TPSA) is 64.3 Å². The molecule has 0 spiro atoms. The van der Waals surface area contributed by atoms with Gasteiger partial charge in [0.1, 0.15) is 5.60 Å². The monoisotopic (exact) mass is 290 g/mol. The first-order valence-corrected chi connectivity index (χ1v) is 5.91. The normalized spacial score (nSPS) is 13.7. The zero-order valence-electron chi connectivity index (χ0n) is 11.4. The molecule has 0 saturated heterocycles. The van der Waals surface area contributed by atoms with Crippen molar-refractivity contribution in [3.8, 4) is 0 Å². The number of hydrogen-bond acceptors (Lipinski definition) is 3. The highest BCUT2D eigenvalue weighted by Crippen LogP contribution is 2.33. The predicted octanol–water partition coefficient (Wildman–Crippen LogP) is 3.40. The molecule has 3 N–H and O–H groups in total. The van der Waals surface area contributed by atoms with Gasteiger partial charge in [-0.3, -0.25) is 0 Å². The van der Waals surface area contributed by atoms with Crippen LogP contribution in [0.1, 0.15) is 32.4 Å². The summed E-state index contributed by atoms with van der Waals surface area (Å²) >= 11 is 0. The van der Waals surface area contributed by atoms with Gasteiger partial charge in [0.05, 0.1) is 0 Å². The summed E-state index contributed by atoms with van der Waals surface area (Å²) in [5.41, 5.74) is 4.78. The number of halogens is 3. The second-order valence-corrected chi connectivity index (χ2v) is 5.29. The minimum Gasteiger partial charge on any atom is -0.444 e. The van der Waals surface area contributed by atoms with Gasteiger partial charge in [-0.05, 0) is 38.5 Å². The van der Waals surface area contributed by atoms with Crippen LogP contribution < -0.4 is 11.1 Å². The SMILES string of the molecule is CC(C)(C)OC(=O)NC(c1ccc(N)cc1)C(F)(F)F. The Morgan fingerprint density at radius 2 is 1.70 bits per heavy atom. The van der Waals surface area contributed by atoms with Gasteiger partial charge >= 0.3 is 12.3 Å². The summed E-state index contributed by atoms with van der Waals surface area (Å²) in [6.45, 7) is 4.70. The number of alkyl carbamates (subject to hydrolysis) is 1. The van der Waals surface area contributed by atoms with Crippen molar-refractivity contribution in [1.82, 2.24) is 5.32 Å². The van der Waals surface area contributed by atoms with Crippen molar-refractivity contribution in [2.24, 2.45) is 0 Å². The Bertz CT molecular complexity index is 464. The van der Waals surface area contributed by atoms with Gasteiger partial charge in [-0.25, -0.2) is 4.79 Å². The van der Waals surface area contributed by atoms with Crippen LogP contribution in [-0.4, -0.2) is 17.9 Å². The Balaban J connectivity index is 2.92. The highest BCUT2D eigenvalue weighted by atomic mass is 19.4. The number of carbonyl (C=O) groups is 1. The Labute approximate surface area is 115 Å². The van der Waals surface area contributed by atoms with Gasteiger partial charge in [-0.2, -0.15) is 13.2 Å². The van der Waals surface area contributed by atoms with Crippen molar-refractivity contribution < 1.29 is 22.7 Å². The molecule has 0 radical (unpaired) electrons. The van der Waals surface area contributed by atoms with E-state index in [0.717, 1.165) is 0 Å². The van der Waals surface area contributed by atoms with Crippen molar-refractivity contribution >= 4 is 11.8 Å². The lowest BCUT2D eigenvalue weighted by Crippen LogP contribution is -2.41. The van der Waals surface area contributed by atoms with Gasteiger partial charge in [-0.1, -0.05) is 12.1 Å². The van der Waals surface area contributed by atoms with Gasteiger partial charge in [0.25, 0.3) is 0 Å². The number of nitrogens with one attached hydrogen (secondary N) is 1. The summed E-state index contributed by atoms with van der Waals surface area (Å²) in [5, 5.41) is 1.82. The Kier molecular flexibility index (Phi) is 4.52. The third-order valence-electron chi connectivity index (χ3n) is 2.26. The molecular weight excluding hydrogens is 273 g/mol. The van der Waals surface area contributed by atoms with Gasteiger partial charge in [0.2, 0.25) is 0 Å². The van der Waals surface area contributed by atoms with E-state index in [9.17, 15) is 18.0 Å². The molecule has 0 fully saturated rings. The number of rotatable bonds is 2. The summed E-state index contributed by atoms with van der Waals surface area (Å²) in [7, 11) is 0. The first-order chi connectivity index (χ1) is 8.99. The maximum atomic E-state index is 13.0. The van der Waals surface area contributed by atoms with Gasteiger partial charge in [-0.15, -0.1) is 0 Å². The molecule has 0 bridgehead atoms. The molecule has 0 heterocycles. The fourth-order valence-corrected chi connectivity index (χ4v) is 1.47. The summed E-state index contributed by atoms with van der Waals surface area (Å²) in [5.74, 6) is 0. The second-order valence-electron chi connectivity index (χ2n) is 5.29. The number of nitrogen functional groups attached to an aromatic ring is 1. The van der Waals surface area contributed by atoms with Gasteiger partial charge in [0, 0.05) is 5.69 Å². The fourth-order valence-electron chi connectivity index (χ4n) is 1.47. The molecule has 4 nitrogen and oxygen atoms in total. The van der Waals surface area contributed by atoms with E-state index in [1.807, 2.05) is 5.32 Å². The molecule has 1 aromatic carbocycles. The molecule has 7 heteroatoms. The summed E-state index contributed by atoms with van der Waals surface area (Å²) in [6, 6.07) is 2.96. The first kappa shape index (κ1) is 16.1. The summed E-state index contributed by atoms with van der Waals surface area (Å²) in [4.78, 5) is 11.5. The first-order valence-electron chi connectivity index (χ1n) is 5.91. The highest BCUT2D eigenvalue weighted by Gasteiger charge is 2.42. The standard InChI is InChI=1S/C13H17F3N2O2/c1-12(2,3)20-11(19)18-10(13(14,15)16)8-4-6-9(17)7-5-8/h4-7,10H,17H2,1-3H3,(H,18,19). The van der Waals surface area contributed by atoms with Crippen LogP contribution in [0.3, 0.4) is 0 Å². The van der Waals surface area contributed by atoms with E-state index < -0.39 is 23.9 Å². The molecule has 0 aliphatic heterocycles. The Morgan fingerprint density at radius 1 is 1.20 bits per heavy atom. The molecule has 1 unspecified atom stereocenters. The lowest BCUT2D eigenvalue weighted by molar-refractivity contribution is -0.156. The quantitative estimate of drug-likeness (QED) is 0.820. The number of ether oxygens (including phenoxy) is 1. The molecule has 0 aliphatic carbocycles. The van der Waals surface area contributed by atoms with Crippen LogP contribution >= 0.6 is 0 Å². The van der Waals surface area contributed by atoms with E-state index in [0.29, 0.717) is 5.69 Å². The second kappa shape index (κ2) is 5.60. The largest absolute Gasteiger partial charge is 0.444 e. The van der Waals surface area contributed by atoms with Crippen LogP contribution in [0, 0.1) is 0 Å². The van der Waals surface area contributed by atoms with Crippen molar-refractivity contribution in [1.29, 1.82) is 0 Å². The molecule has 112 valence electrons. The molecule has 20 heavy (non-hydrogen) atoms. The van der Waals surface area contributed by atoms with Crippen molar-refractivity contribution in [2.45, 2.75) is 38.6 Å². The van der Waals surface area contributed by atoms with Crippen LogP contribution in [-0.2, 0) is 4.74 Å². The molecule has 1 amide bonds. The van der Waals surface area contributed by atoms with Gasteiger partial charge < -0.3 is 15.8 Å². The Morgan fingerprint density at radius 3 is 2.10 bits per heavy atom. The summed E-state index contributed by atoms with van der Waals surface area (Å²) < 4.78 is 43.8. The third-order valence-corrected chi connectivity index (χ3v) is 2.26. The number of alkyl halides is 3. The average Bonchev–Trinajstić information content (AvgIpc) is 2.23. The van der Waals surface area contributed by atoms with Crippen molar-refractivity contribution in [3.63, 3.8) is 0 Å². The van der Waals surface area contributed by atoms with Crippen LogP contribution in [0.5, 0.6) is 0 Å². The number of hydrogen-bond donors (Lipinski definition) is 2. The molecule has 1 atom stereocenters. The average molecular weight is 290 g/mol. The molecule has 1 aromatic rings. The lowest BCUT2D eigenvalue weighted by atomic mass is 10.1. The zero-order valence-corrected chi connectivity index (χ0v) is 11.4. The number of benzene rings is 1. The van der Waals surface area contributed by atoms with E-state index >= 15 is 0 Å². The summed E-state index contributed by atoms with van der Waals surface area (Å²) in [6.07, 6.45) is -5.76. The lowest BCUT2D eigenvalue weighted by Gasteiger charge is -2.25. The highest BCUT2D eigenvalue weighted by molar-refractivity contribution is 5.68. The fraction of sp³-hybridized carbons (Fsp3) is 0.462. The van der Waals surface area contributed by atoms with E-state index in [1.165, 1.54) is 24.3 Å². The number of nitrogens with two attached hydrogens (primary N) is 1. The van der Waals surface area contributed by atoms with Crippen LogP contribution in [0.2, 0.25) is 0 Å². The zero-order chi connectivity index (χ0) is 15.6. The van der Waals surface area contributed by atoms with Crippen LogP contribution in [0.25, 0.3) is 0 Å². The molecule has 0 aliphatic rings. The number of anilines is 1. The molecule has 0 aromatic heterocycles. The van der Waals surface area contributed by atoms with E-state index in [1.54, 1.807) is 20.8 Å². The van der Waals surface area contributed by atoms with Gasteiger partial charge in [0.15, 0.2) is 6.04 Å². The van der Waals surface area contributed by atoms with Crippen LogP contribution in [0.4, 0.5) is 23.7 Å². The molecule has 1 rings (SSSR count). The minimum absolute atomic E-state index is 0.113. The smallest absolute Gasteiger partial charge is 0.412 e. The number of carbonyl (C=O) groups excluding carboxylic acids is 1. The third kappa shape index (κ3) is 4.99. The van der Waals surface area contributed by atoms with Crippen molar-refractivity contribution in [3.05, 3.63) is 29.8 Å². The predicted molar refractivity (Wildman–Crippen MR) is 69.0 cm³/mol. The maximum Gasteiger partial charge on any atom is 0.412 e. The van der Waals surface area contributed by atoms with Crippen LogP contribution in [0.15, 0.2) is 24.3 Å².